The molecule has 0 atom stereocenters. The number of unbranched alkanes of at least 4 members (excludes halogenated alkanes) is 1. The zero-order valence-electron chi connectivity index (χ0n) is 14.0. The minimum absolute atomic E-state index is 0.115. The van der Waals surface area contributed by atoms with E-state index in [0.29, 0.717) is 0 Å². The molecule has 0 aliphatic carbocycles. The molecule has 1 aliphatic rings. The highest BCUT2D eigenvalue weighted by atomic mass is 16.5. The summed E-state index contributed by atoms with van der Waals surface area (Å²) >= 11 is 0. The zero-order chi connectivity index (χ0) is 15.3. The molecule has 0 radical (unpaired) electrons. The molecule has 0 bridgehead atoms. The largest absolute Gasteiger partial charge is 0.493 e. The van der Waals surface area contributed by atoms with E-state index in [-0.39, 0.29) is 5.41 Å². The summed E-state index contributed by atoms with van der Waals surface area (Å²) in [6, 6.07) is 6.73. The fraction of sp³-hybridized carbons (Fsp3) is 0.667. The van der Waals surface area contributed by atoms with Crippen LogP contribution in [0, 0.1) is 0 Å². The Labute approximate surface area is 129 Å². The lowest BCUT2D eigenvalue weighted by Crippen LogP contribution is -2.43. The molecule has 1 aromatic rings. The fourth-order valence-electron chi connectivity index (χ4n) is 2.70. The lowest BCUT2D eigenvalue weighted by Gasteiger charge is -2.31. The van der Waals surface area contributed by atoms with Crippen molar-refractivity contribution in [1.29, 1.82) is 0 Å². The summed E-state index contributed by atoms with van der Waals surface area (Å²) < 4.78 is 6.09. The molecule has 3 nitrogen and oxygen atoms in total. The number of anilines is 1. The molecule has 118 valence electrons. The van der Waals surface area contributed by atoms with Gasteiger partial charge in [-0.1, -0.05) is 40.2 Å². The third-order valence-electron chi connectivity index (χ3n) is 4.01. The SMILES string of the molecule is CCCCOc1cc(N2CCNCC2)ccc1C(C)(C)C. The molecule has 0 saturated carbocycles. The molecule has 1 aliphatic heterocycles. The first-order chi connectivity index (χ1) is 10.0. The number of nitrogens with zero attached hydrogens (tertiary/aromatic N) is 1. The minimum Gasteiger partial charge on any atom is -0.493 e. The second kappa shape index (κ2) is 7.17. The quantitative estimate of drug-likeness (QED) is 0.839. The lowest BCUT2D eigenvalue weighted by atomic mass is 9.86. The Hall–Kier alpha value is -1.22. The standard InChI is InChI=1S/C18H30N2O/c1-5-6-13-21-17-14-15(20-11-9-19-10-12-20)7-8-16(17)18(2,3)4/h7-8,14,19H,5-6,9-13H2,1-4H3. The van der Waals surface area contributed by atoms with Crippen LogP contribution in [0.1, 0.15) is 46.1 Å². The van der Waals surface area contributed by atoms with Crippen molar-refractivity contribution in [2.75, 3.05) is 37.7 Å². The Morgan fingerprint density at radius 2 is 1.90 bits per heavy atom. The van der Waals surface area contributed by atoms with Crippen molar-refractivity contribution in [2.45, 2.75) is 46.0 Å². The van der Waals surface area contributed by atoms with Crippen molar-refractivity contribution in [3.8, 4) is 5.75 Å². The molecule has 3 heteroatoms. The number of rotatable bonds is 5. The third kappa shape index (κ3) is 4.37. The van der Waals surface area contributed by atoms with Crippen molar-refractivity contribution in [2.24, 2.45) is 0 Å². The van der Waals surface area contributed by atoms with Gasteiger partial charge in [0.25, 0.3) is 0 Å². The Balaban J connectivity index is 2.22. The molecule has 1 heterocycles. The van der Waals surface area contributed by atoms with Gasteiger partial charge < -0.3 is 15.0 Å². The summed E-state index contributed by atoms with van der Waals surface area (Å²) in [7, 11) is 0. The summed E-state index contributed by atoms with van der Waals surface area (Å²) in [4.78, 5) is 2.44. The van der Waals surface area contributed by atoms with Gasteiger partial charge in [-0.2, -0.15) is 0 Å². The summed E-state index contributed by atoms with van der Waals surface area (Å²) in [5, 5.41) is 3.40. The Bertz CT molecular complexity index is 445. The van der Waals surface area contributed by atoms with Gasteiger partial charge >= 0.3 is 0 Å². The van der Waals surface area contributed by atoms with Gasteiger partial charge in [0.2, 0.25) is 0 Å². The molecule has 0 aromatic heterocycles. The van der Waals surface area contributed by atoms with Crippen LogP contribution >= 0.6 is 0 Å². The van der Waals surface area contributed by atoms with E-state index < -0.39 is 0 Å². The summed E-state index contributed by atoms with van der Waals surface area (Å²) in [6.07, 6.45) is 2.28. The van der Waals surface area contributed by atoms with Gasteiger partial charge in [-0.25, -0.2) is 0 Å². The number of benzene rings is 1. The molecule has 0 amide bonds. The van der Waals surface area contributed by atoms with Gasteiger partial charge in [-0.05, 0) is 23.5 Å². The van der Waals surface area contributed by atoms with E-state index in [4.69, 9.17) is 4.74 Å². The molecule has 0 spiro atoms. The van der Waals surface area contributed by atoms with Gasteiger partial charge in [0.1, 0.15) is 5.75 Å². The van der Waals surface area contributed by atoms with Gasteiger partial charge in [0.15, 0.2) is 0 Å². The van der Waals surface area contributed by atoms with Crippen molar-refractivity contribution >= 4 is 5.69 Å². The number of hydrogen-bond acceptors (Lipinski definition) is 3. The van der Waals surface area contributed by atoms with Crippen LogP contribution in [0.15, 0.2) is 18.2 Å². The molecule has 2 rings (SSSR count). The topological polar surface area (TPSA) is 24.5 Å². The van der Waals surface area contributed by atoms with E-state index in [0.717, 1.165) is 45.0 Å². The second-order valence-corrected chi connectivity index (χ2v) is 6.87. The maximum atomic E-state index is 6.09. The van der Waals surface area contributed by atoms with Crippen LogP contribution in [0.4, 0.5) is 5.69 Å². The van der Waals surface area contributed by atoms with Crippen molar-refractivity contribution in [3.05, 3.63) is 23.8 Å². The van der Waals surface area contributed by atoms with Crippen LogP contribution < -0.4 is 15.0 Å². The van der Waals surface area contributed by atoms with Crippen molar-refractivity contribution in [3.63, 3.8) is 0 Å². The Morgan fingerprint density at radius 3 is 2.52 bits per heavy atom. The number of ether oxygens (including phenoxy) is 1. The third-order valence-corrected chi connectivity index (χ3v) is 4.01. The summed E-state index contributed by atoms with van der Waals surface area (Å²) in [6.45, 7) is 14.0. The smallest absolute Gasteiger partial charge is 0.125 e. The molecule has 0 unspecified atom stereocenters. The fourth-order valence-corrected chi connectivity index (χ4v) is 2.70. The van der Waals surface area contributed by atoms with E-state index in [1.807, 2.05) is 0 Å². The number of hydrogen-bond donors (Lipinski definition) is 1. The molecular formula is C18H30N2O. The first-order valence-electron chi connectivity index (χ1n) is 8.25. The summed E-state index contributed by atoms with van der Waals surface area (Å²) in [5.41, 5.74) is 2.71. The van der Waals surface area contributed by atoms with Gasteiger partial charge in [-0.3, -0.25) is 0 Å². The molecular weight excluding hydrogens is 260 g/mol. The van der Waals surface area contributed by atoms with E-state index in [2.05, 4.69) is 56.1 Å². The van der Waals surface area contributed by atoms with Crippen LogP contribution in [-0.4, -0.2) is 32.8 Å². The Morgan fingerprint density at radius 1 is 1.19 bits per heavy atom. The molecule has 1 aromatic carbocycles. The predicted molar refractivity (Wildman–Crippen MR) is 90.6 cm³/mol. The average molecular weight is 290 g/mol. The highest BCUT2D eigenvalue weighted by Crippen LogP contribution is 2.34. The first kappa shape index (κ1) is 16.2. The van der Waals surface area contributed by atoms with Gasteiger partial charge in [0.05, 0.1) is 6.61 Å². The first-order valence-corrected chi connectivity index (χ1v) is 8.25. The maximum Gasteiger partial charge on any atom is 0.125 e. The Kier molecular flexibility index (Phi) is 5.51. The van der Waals surface area contributed by atoms with Crippen LogP contribution in [0.25, 0.3) is 0 Å². The van der Waals surface area contributed by atoms with Crippen LogP contribution in [-0.2, 0) is 5.41 Å². The maximum absolute atomic E-state index is 6.09. The van der Waals surface area contributed by atoms with Gasteiger partial charge in [0, 0.05) is 37.9 Å². The van der Waals surface area contributed by atoms with Crippen LogP contribution in [0.5, 0.6) is 5.75 Å². The highest BCUT2D eigenvalue weighted by Gasteiger charge is 2.21. The molecule has 1 N–H and O–H groups in total. The van der Waals surface area contributed by atoms with E-state index in [9.17, 15) is 0 Å². The van der Waals surface area contributed by atoms with Crippen molar-refractivity contribution in [1.82, 2.24) is 5.32 Å². The van der Waals surface area contributed by atoms with E-state index in [1.54, 1.807) is 0 Å². The zero-order valence-corrected chi connectivity index (χ0v) is 14.0. The van der Waals surface area contributed by atoms with Crippen LogP contribution in [0.2, 0.25) is 0 Å². The molecule has 21 heavy (non-hydrogen) atoms. The highest BCUT2D eigenvalue weighted by molar-refractivity contribution is 5.55. The molecule has 1 saturated heterocycles. The minimum atomic E-state index is 0.115. The number of nitrogens with one attached hydrogen (secondary N) is 1. The van der Waals surface area contributed by atoms with E-state index in [1.165, 1.54) is 17.7 Å². The second-order valence-electron chi connectivity index (χ2n) is 6.87. The monoisotopic (exact) mass is 290 g/mol. The van der Waals surface area contributed by atoms with Gasteiger partial charge in [-0.15, -0.1) is 0 Å². The lowest BCUT2D eigenvalue weighted by molar-refractivity contribution is 0.301. The average Bonchev–Trinajstić information content (AvgIpc) is 2.47. The molecule has 1 fully saturated rings. The predicted octanol–water partition coefficient (Wildman–Crippen LogP) is 3.57. The van der Waals surface area contributed by atoms with Crippen LogP contribution in [0.3, 0.4) is 0 Å². The van der Waals surface area contributed by atoms with Crippen molar-refractivity contribution < 1.29 is 4.74 Å². The summed E-state index contributed by atoms with van der Waals surface area (Å²) in [5.74, 6) is 1.06. The normalized spacial score (nSPS) is 16.1. The van der Waals surface area contributed by atoms with E-state index >= 15 is 0 Å². The number of piperazine rings is 1.